The number of carboxylic acid groups (broad SMARTS) is 1. The van der Waals surface area contributed by atoms with E-state index in [4.69, 9.17) is 5.11 Å². The highest BCUT2D eigenvalue weighted by Crippen LogP contribution is 2.25. The molecule has 0 rings (SSSR count). The normalized spacial score (nSPS) is 18.8. The van der Waals surface area contributed by atoms with Crippen molar-refractivity contribution in [3.63, 3.8) is 0 Å². The van der Waals surface area contributed by atoms with Crippen molar-refractivity contribution in [3.05, 3.63) is 0 Å². The monoisotopic (exact) mass is 249 g/mol. The van der Waals surface area contributed by atoms with Crippen LogP contribution < -0.4 is 5.32 Å². The van der Waals surface area contributed by atoms with E-state index in [0.29, 0.717) is 13.0 Å². The van der Waals surface area contributed by atoms with Crippen molar-refractivity contribution in [3.8, 4) is 0 Å². The van der Waals surface area contributed by atoms with Gasteiger partial charge in [-0.25, -0.2) is 0 Å². The minimum absolute atomic E-state index is 0.125. The van der Waals surface area contributed by atoms with Gasteiger partial charge in [0.25, 0.3) is 0 Å². The Labute approximate surface area is 102 Å². The molecular weight excluding hydrogens is 226 g/mol. The number of likely N-dealkylation sites (N-methyl/N-ethyl adjacent to an activating group) is 1. The Balaban J connectivity index is 4.34. The van der Waals surface area contributed by atoms with Crippen LogP contribution in [0.1, 0.15) is 34.1 Å². The fourth-order valence-corrected chi connectivity index (χ4v) is 3.00. The van der Waals surface area contributed by atoms with Crippen LogP contribution in [0.2, 0.25) is 0 Å². The van der Waals surface area contributed by atoms with Gasteiger partial charge in [-0.05, 0) is 19.9 Å². The number of nitrogens with one attached hydrogen (secondary N) is 1. The number of carbonyl (C=O) groups is 1. The first-order valence-corrected chi connectivity index (χ1v) is 6.54. The first kappa shape index (κ1) is 15.7. The number of aliphatic hydroxyl groups excluding tert-OH is 1. The smallest absolute Gasteiger partial charge is 0.323 e. The third kappa shape index (κ3) is 5.18. The average Bonchev–Trinajstić information content (AvgIpc) is 2.17. The predicted octanol–water partition coefficient (Wildman–Crippen LogP) is 1.33. The molecule has 0 heterocycles. The maximum atomic E-state index is 11.2. The fraction of sp³-hybridized carbons (Fsp3) is 0.909. The molecule has 0 aliphatic heterocycles. The zero-order valence-corrected chi connectivity index (χ0v) is 11.3. The molecule has 3 unspecified atom stereocenters. The predicted molar refractivity (Wildman–Crippen MR) is 67.9 cm³/mol. The van der Waals surface area contributed by atoms with Gasteiger partial charge in [-0.15, -0.1) is 0 Å². The van der Waals surface area contributed by atoms with Crippen molar-refractivity contribution >= 4 is 17.7 Å². The molecule has 3 N–H and O–H groups in total. The maximum Gasteiger partial charge on any atom is 0.323 e. The molecule has 0 aliphatic rings. The SMILES string of the molecule is CCNC(C)(CC(C)SC(C)CO)C(=O)O. The quantitative estimate of drug-likeness (QED) is 0.605. The van der Waals surface area contributed by atoms with Gasteiger partial charge < -0.3 is 15.5 Å². The second-order valence-corrected chi connectivity index (χ2v) is 6.19. The van der Waals surface area contributed by atoms with E-state index in [9.17, 15) is 9.90 Å². The summed E-state index contributed by atoms with van der Waals surface area (Å²) in [4.78, 5) is 11.2. The third-order valence-electron chi connectivity index (χ3n) is 2.46. The summed E-state index contributed by atoms with van der Waals surface area (Å²) in [6.45, 7) is 8.30. The van der Waals surface area contributed by atoms with Crippen molar-refractivity contribution in [2.45, 2.75) is 50.2 Å². The summed E-state index contributed by atoms with van der Waals surface area (Å²) in [5, 5.41) is 21.5. The standard InChI is InChI=1S/C11H23NO3S/c1-5-12-11(4,10(14)15)6-8(2)16-9(3)7-13/h8-9,12-13H,5-7H2,1-4H3,(H,14,15). The van der Waals surface area contributed by atoms with E-state index < -0.39 is 11.5 Å². The highest BCUT2D eigenvalue weighted by Gasteiger charge is 2.34. The molecule has 3 atom stereocenters. The Kier molecular flexibility index (Phi) is 7.03. The van der Waals surface area contributed by atoms with Gasteiger partial charge in [-0.3, -0.25) is 4.79 Å². The molecule has 0 aromatic heterocycles. The summed E-state index contributed by atoms with van der Waals surface area (Å²) in [5.74, 6) is -0.821. The van der Waals surface area contributed by atoms with Crippen LogP contribution in [0, 0.1) is 0 Å². The first-order valence-electron chi connectivity index (χ1n) is 5.60. The molecular formula is C11H23NO3S. The molecule has 0 aromatic carbocycles. The minimum atomic E-state index is -0.879. The van der Waals surface area contributed by atoms with E-state index in [2.05, 4.69) is 5.32 Å². The number of aliphatic hydroxyl groups is 1. The van der Waals surface area contributed by atoms with Gasteiger partial charge in [0, 0.05) is 10.5 Å². The van der Waals surface area contributed by atoms with E-state index in [1.54, 1.807) is 18.7 Å². The lowest BCUT2D eigenvalue weighted by Crippen LogP contribution is -2.51. The molecule has 16 heavy (non-hydrogen) atoms. The van der Waals surface area contributed by atoms with Crippen molar-refractivity contribution in [2.75, 3.05) is 13.2 Å². The van der Waals surface area contributed by atoms with Gasteiger partial charge in [-0.1, -0.05) is 20.8 Å². The van der Waals surface area contributed by atoms with Gasteiger partial charge in [0.05, 0.1) is 6.61 Å². The summed E-state index contributed by atoms with van der Waals surface area (Å²) in [7, 11) is 0. The van der Waals surface area contributed by atoms with E-state index in [1.807, 2.05) is 20.8 Å². The molecule has 0 bridgehead atoms. The Morgan fingerprint density at radius 2 is 2.00 bits per heavy atom. The third-order valence-corrected chi connectivity index (χ3v) is 3.70. The number of hydrogen-bond donors (Lipinski definition) is 3. The lowest BCUT2D eigenvalue weighted by molar-refractivity contribution is -0.144. The fourth-order valence-electron chi connectivity index (χ4n) is 1.69. The second kappa shape index (κ2) is 7.14. The molecule has 0 amide bonds. The van der Waals surface area contributed by atoms with Crippen molar-refractivity contribution in [1.82, 2.24) is 5.32 Å². The molecule has 0 saturated carbocycles. The highest BCUT2D eigenvalue weighted by atomic mass is 32.2. The van der Waals surface area contributed by atoms with E-state index in [-0.39, 0.29) is 17.1 Å². The lowest BCUT2D eigenvalue weighted by atomic mass is 9.96. The highest BCUT2D eigenvalue weighted by molar-refractivity contribution is 8.00. The molecule has 0 spiro atoms. The Bertz CT molecular complexity index is 225. The topological polar surface area (TPSA) is 69.6 Å². The molecule has 0 radical (unpaired) electrons. The Morgan fingerprint density at radius 1 is 1.44 bits per heavy atom. The Hall–Kier alpha value is -0.260. The van der Waals surface area contributed by atoms with E-state index in [1.165, 1.54) is 0 Å². The molecule has 5 heteroatoms. The van der Waals surface area contributed by atoms with Crippen molar-refractivity contribution < 1.29 is 15.0 Å². The summed E-state index contributed by atoms with van der Waals surface area (Å²) >= 11 is 1.62. The summed E-state index contributed by atoms with van der Waals surface area (Å²) in [6.07, 6.45) is 0.547. The average molecular weight is 249 g/mol. The van der Waals surface area contributed by atoms with Gasteiger partial charge >= 0.3 is 5.97 Å². The summed E-state index contributed by atoms with van der Waals surface area (Å²) in [6, 6.07) is 0. The molecule has 0 saturated heterocycles. The number of thioether (sulfide) groups is 1. The molecule has 0 aromatic rings. The van der Waals surface area contributed by atoms with E-state index in [0.717, 1.165) is 0 Å². The summed E-state index contributed by atoms with van der Waals surface area (Å²) in [5.41, 5.74) is -0.879. The van der Waals surface area contributed by atoms with Crippen LogP contribution in [-0.2, 0) is 4.79 Å². The number of carboxylic acids is 1. The molecule has 96 valence electrons. The number of hydrogen-bond acceptors (Lipinski definition) is 4. The zero-order valence-electron chi connectivity index (χ0n) is 10.5. The van der Waals surface area contributed by atoms with Gasteiger partial charge in [0.15, 0.2) is 0 Å². The zero-order chi connectivity index (χ0) is 12.8. The first-order chi connectivity index (χ1) is 7.35. The van der Waals surface area contributed by atoms with Crippen LogP contribution in [0.15, 0.2) is 0 Å². The van der Waals surface area contributed by atoms with Gasteiger partial charge in [0.1, 0.15) is 5.54 Å². The van der Waals surface area contributed by atoms with Crippen LogP contribution in [0.3, 0.4) is 0 Å². The summed E-state index contributed by atoms with van der Waals surface area (Å²) < 4.78 is 0. The van der Waals surface area contributed by atoms with Crippen LogP contribution in [0.25, 0.3) is 0 Å². The minimum Gasteiger partial charge on any atom is -0.480 e. The van der Waals surface area contributed by atoms with Gasteiger partial charge in [0.2, 0.25) is 0 Å². The Morgan fingerprint density at radius 3 is 2.38 bits per heavy atom. The molecule has 0 fully saturated rings. The molecule has 4 nitrogen and oxygen atoms in total. The van der Waals surface area contributed by atoms with Gasteiger partial charge in [-0.2, -0.15) is 11.8 Å². The number of aliphatic carboxylic acids is 1. The van der Waals surface area contributed by atoms with Crippen LogP contribution in [0.5, 0.6) is 0 Å². The largest absolute Gasteiger partial charge is 0.480 e. The maximum absolute atomic E-state index is 11.2. The van der Waals surface area contributed by atoms with Crippen LogP contribution in [-0.4, -0.2) is 45.4 Å². The van der Waals surface area contributed by atoms with E-state index >= 15 is 0 Å². The second-order valence-electron chi connectivity index (χ2n) is 4.31. The lowest BCUT2D eigenvalue weighted by Gasteiger charge is -2.29. The van der Waals surface area contributed by atoms with Crippen LogP contribution >= 0.6 is 11.8 Å². The van der Waals surface area contributed by atoms with Crippen molar-refractivity contribution in [1.29, 1.82) is 0 Å². The van der Waals surface area contributed by atoms with Crippen LogP contribution in [0.4, 0.5) is 0 Å². The molecule has 0 aliphatic carbocycles. The van der Waals surface area contributed by atoms with Crippen molar-refractivity contribution in [2.24, 2.45) is 0 Å². The number of rotatable bonds is 8.